The molecule has 3 rings (SSSR count). The van der Waals surface area contributed by atoms with Crippen LogP contribution in [0.3, 0.4) is 0 Å². The molecule has 0 unspecified atom stereocenters. The van der Waals surface area contributed by atoms with Gasteiger partial charge in [-0.05, 0) is 36.8 Å². The van der Waals surface area contributed by atoms with Crippen molar-refractivity contribution in [2.24, 2.45) is 0 Å². The highest BCUT2D eigenvalue weighted by atomic mass is 19.4. The minimum atomic E-state index is -4.37. The second-order valence-corrected chi connectivity index (χ2v) is 6.04. The Kier molecular flexibility index (Phi) is 5.30. The predicted molar refractivity (Wildman–Crippen MR) is 93.7 cm³/mol. The van der Waals surface area contributed by atoms with Gasteiger partial charge in [0.1, 0.15) is 5.76 Å². The molecule has 4 nitrogen and oxygen atoms in total. The highest BCUT2D eigenvalue weighted by Gasteiger charge is 2.29. The maximum absolute atomic E-state index is 12.6. The van der Waals surface area contributed by atoms with Gasteiger partial charge in [-0.3, -0.25) is 4.79 Å². The Morgan fingerprint density at radius 3 is 2.37 bits per heavy atom. The maximum atomic E-state index is 12.6. The number of nitrogens with one attached hydrogen (secondary N) is 1. The Morgan fingerprint density at radius 1 is 1.07 bits per heavy atom. The van der Waals surface area contributed by atoms with Crippen LogP contribution in [0.2, 0.25) is 0 Å². The molecule has 0 saturated heterocycles. The van der Waals surface area contributed by atoms with Crippen LogP contribution in [0.5, 0.6) is 0 Å². The van der Waals surface area contributed by atoms with E-state index >= 15 is 0 Å². The van der Waals surface area contributed by atoms with Crippen molar-refractivity contribution in [2.45, 2.75) is 26.1 Å². The Hall–Kier alpha value is -3.09. The van der Waals surface area contributed by atoms with Gasteiger partial charge in [-0.15, -0.1) is 0 Å². The minimum Gasteiger partial charge on any atom is -0.441 e. The molecule has 1 aromatic heterocycles. The molecular weight excluding hydrogens is 357 g/mol. The van der Waals surface area contributed by atoms with Crippen molar-refractivity contribution in [3.8, 4) is 11.5 Å². The summed E-state index contributed by atoms with van der Waals surface area (Å²) in [5.41, 5.74) is 1.21. The number of benzene rings is 2. The van der Waals surface area contributed by atoms with Crippen LogP contribution in [0.15, 0.2) is 59.0 Å². The molecular formula is C20H17F3N2O2. The molecule has 0 aliphatic carbocycles. The summed E-state index contributed by atoms with van der Waals surface area (Å²) < 4.78 is 43.3. The summed E-state index contributed by atoms with van der Waals surface area (Å²) in [7, 11) is 0. The molecule has 0 saturated carbocycles. The third-order valence-corrected chi connectivity index (χ3v) is 4.01. The summed E-state index contributed by atoms with van der Waals surface area (Å²) in [5, 5.41) is 2.68. The van der Waals surface area contributed by atoms with Gasteiger partial charge in [-0.2, -0.15) is 13.2 Å². The molecule has 0 atom stereocenters. The van der Waals surface area contributed by atoms with Gasteiger partial charge >= 0.3 is 6.18 Å². The fourth-order valence-corrected chi connectivity index (χ4v) is 2.52. The summed E-state index contributed by atoms with van der Waals surface area (Å²) in [4.78, 5) is 16.5. The number of carbonyl (C=O) groups excluding carboxylic acids is 1. The molecule has 0 bridgehead atoms. The molecule has 27 heavy (non-hydrogen) atoms. The normalized spacial score (nSPS) is 11.4. The lowest BCUT2D eigenvalue weighted by Gasteiger charge is -2.08. The quantitative estimate of drug-likeness (QED) is 0.714. The summed E-state index contributed by atoms with van der Waals surface area (Å²) in [6, 6.07) is 14.0. The maximum Gasteiger partial charge on any atom is 0.416 e. The third-order valence-electron chi connectivity index (χ3n) is 4.01. The smallest absolute Gasteiger partial charge is 0.416 e. The van der Waals surface area contributed by atoms with E-state index in [0.29, 0.717) is 22.9 Å². The number of aryl methyl sites for hydroxylation is 1. The number of alkyl halides is 3. The lowest BCUT2D eigenvalue weighted by Crippen LogP contribution is -2.25. The zero-order chi connectivity index (χ0) is 19.4. The van der Waals surface area contributed by atoms with Crippen LogP contribution in [-0.4, -0.2) is 10.9 Å². The molecule has 7 heteroatoms. The highest BCUT2D eigenvalue weighted by Crippen LogP contribution is 2.29. The lowest BCUT2D eigenvalue weighted by atomic mass is 10.1. The van der Waals surface area contributed by atoms with E-state index in [0.717, 1.165) is 17.7 Å². The average molecular weight is 374 g/mol. The number of aromatic nitrogens is 1. The summed E-state index contributed by atoms with van der Waals surface area (Å²) in [6.07, 6.45) is -4.34. The molecule has 0 radical (unpaired) electrons. The number of nitrogens with zero attached hydrogens (tertiary/aromatic N) is 1. The largest absolute Gasteiger partial charge is 0.441 e. The van der Waals surface area contributed by atoms with Crippen molar-refractivity contribution in [1.29, 1.82) is 0 Å². The molecule has 1 N–H and O–H groups in total. The Labute approximate surface area is 154 Å². The van der Waals surface area contributed by atoms with Crippen LogP contribution in [0.4, 0.5) is 13.2 Å². The van der Waals surface area contributed by atoms with Gasteiger partial charge in [-0.1, -0.05) is 30.3 Å². The Bertz CT molecular complexity index is 917. The van der Waals surface area contributed by atoms with E-state index in [2.05, 4.69) is 10.3 Å². The fraction of sp³-hybridized carbons (Fsp3) is 0.200. The van der Waals surface area contributed by atoms with E-state index in [1.54, 1.807) is 6.92 Å². The first-order valence-electron chi connectivity index (χ1n) is 8.27. The molecule has 2 aromatic carbocycles. The second kappa shape index (κ2) is 7.65. The monoisotopic (exact) mass is 374 g/mol. The van der Waals surface area contributed by atoms with Crippen molar-refractivity contribution in [1.82, 2.24) is 10.3 Å². The predicted octanol–water partition coefficient (Wildman–Crippen LogP) is 4.53. The van der Waals surface area contributed by atoms with E-state index in [-0.39, 0.29) is 18.9 Å². The minimum absolute atomic E-state index is 0.0306. The molecule has 1 heterocycles. The topological polar surface area (TPSA) is 55.1 Å². The van der Waals surface area contributed by atoms with Gasteiger partial charge in [0.15, 0.2) is 0 Å². The number of amides is 1. The first-order chi connectivity index (χ1) is 12.8. The van der Waals surface area contributed by atoms with E-state index in [1.165, 1.54) is 12.1 Å². The molecule has 140 valence electrons. The molecule has 3 aromatic rings. The Balaban J connectivity index is 1.59. The molecule has 0 spiro atoms. The van der Waals surface area contributed by atoms with Gasteiger partial charge in [-0.25, -0.2) is 4.98 Å². The Morgan fingerprint density at radius 2 is 1.74 bits per heavy atom. The van der Waals surface area contributed by atoms with E-state index in [9.17, 15) is 18.0 Å². The van der Waals surface area contributed by atoms with Crippen molar-refractivity contribution in [3.63, 3.8) is 0 Å². The van der Waals surface area contributed by atoms with Crippen LogP contribution in [0, 0.1) is 6.92 Å². The number of halogens is 3. The molecule has 0 aliphatic rings. The number of oxazole rings is 1. The van der Waals surface area contributed by atoms with Crippen LogP contribution in [0.1, 0.15) is 22.6 Å². The SMILES string of the molecule is Cc1oc(-c2ccccc2)nc1CC(=O)NCc1ccc(C(F)(F)F)cc1. The second-order valence-electron chi connectivity index (χ2n) is 6.04. The van der Waals surface area contributed by atoms with Gasteiger partial charge in [0.2, 0.25) is 11.8 Å². The molecule has 1 amide bonds. The van der Waals surface area contributed by atoms with Crippen molar-refractivity contribution in [3.05, 3.63) is 77.2 Å². The third kappa shape index (κ3) is 4.75. The van der Waals surface area contributed by atoms with Crippen LogP contribution in [-0.2, 0) is 23.9 Å². The van der Waals surface area contributed by atoms with Gasteiger partial charge in [0.05, 0.1) is 17.7 Å². The fourth-order valence-electron chi connectivity index (χ4n) is 2.52. The highest BCUT2D eigenvalue weighted by molar-refractivity contribution is 5.78. The van der Waals surface area contributed by atoms with Gasteiger partial charge in [0.25, 0.3) is 0 Å². The number of hydrogen-bond donors (Lipinski definition) is 1. The summed E-state index contributed by atoms with van der Waals surface area (Å²) in [5.74, 6) is 0.711. The van der Waals surface area contributed by atoms with Crippen LogP contribution in [0.25, 0.3) is 11.5 Å². The van der Waals surface area contributed by atoms with Gasteiger partial charge in [0, 0.05) is 12.1 Å². The van der Waals surface area contributed by atoms with Crippen molar-refractivity contribution >= 4 is 5.91 Å². The van der Waals surface area contributed by atoms with Gasteiger partial charge < -0.3 is 9.73 Å². The van der Waals surface area contributed by atoms with E-state index in [1.807, 2.05) is 30.3 Å². The van der Waals surface area contributed by atoms with Crippen LogP contribution >= 0.6 is 0 Å². The molecule has 0 fully saturated rings. The van der Waals surface area contributed by atoms with E-state index < -0.39 is 11.7 Å². The first kappa shape index (κ1) is 18.7. The standard InChI is InChI=1S/C20H17F3N2O2/c1-13-17(25-19(27-13)15-5-3-2-4-6-15)11-18(26)24-12-14-7-9-16(10-8-14)20(21,22)23/h2-10H,11-12H2,1H3,(H,24,26). The van der Waals surface area contributed by atoms with Crippen molar-refractivity contribution < 1.29 is 22.4 Å². The van der Waals surface area contributed by atoms with E-state index in [4.69, 9.17) is 4.42 Å². The lowest BCUT2D eigenvalue weighted by molar-refractivity contribution is -0.137. The zero-order valence-corrected chi connectivity index (χ0v) is 14.5. The number of hydrogen-bond acceptors (Lipinski definition) is 3. The average Bonchev–Trinajstić information content (AvgIpc) is 3.01. The van der Waals surface area contributed by atoms with Crippen LogP contribution < -0.4 is 5.32 Å². The first-order valence-corrected chi connectivity index (χ1v) is 8.27. The van der Waals surface area contributed by atoms with Crippen molar-refractivity contribution in [2.75, 3.05) is 0 Å². The number of carbonyl (C=O) groups is 1. The number of rotatable bonds is 5. The zero-order valence-electron chi connectivity index (χ0n) is 14.5. The molecule has 0 aliphatic heterocycles. The summed E-state index contributed by atoms with van der Waals surface area (Å²) in [6.45, 7) is 1.87. The summed E-state index contributed by atoms with van der Waals surface area (Å²) >= 11 is 0.